The lowest BCUT2D eigenvalue weighted by molar-refractivity contribution is -0.121. The molecule has 1 atom stereocenters. The molecule has 5 heteroatoms. The van der Waals surface area contributed by atoms with Gasteiger partial charge in [0.1, 0.15) is 5.75 Å². The van der Waals surface area contributed by atoms with Crippen LogP contribution in [0, 0.1) is 5.92 Å². The third kappa shape index (κ3) is 7.80. The van der Waals surface area contributed by atoms with Crippen molar-refractivity contribution in [3.63, 3.8) is 0 Å². The molecule has 1 aromatic carbocycles. The first-order valence-electron chi connectivity index (χ1n) is 11.0. The minimum absolute atomic E-state index is 0.249. The lowest BCUT2D eigenvalue weighted by Crippen LogP contribution is -2.35. The highest BCUT2D eigenvalue weighted by molar-refractivity contribution is 5.76. The third-order valence-corrected chi connectivity index (χ3v) is 5.65. The fourth-order valence-corrected chi connectivity index (χ4v) is 3.96. The Balaban J connectivity index is 1.40. The Morgan fingerprint density at radius 2 is 2.14 bits per heavy atom. The number of hydrogen-bond donors (Lipinski definition) is 1. The molecule has 1 saturated carbocycles. The van der Waals surface area contributed by atoms with Gasteiger partial charge in [-0.15, -0.1) is 0 Å². The Kier molecular flexibility index (Phi) is 8.16. The molecule has 2 fully saturated rings. The summed E-state index contributed by atoms with van der Waals surface area (Å²) in [7, 11) is 4.18. The summed E-state index contributed by atoms with van der Waals surface area (Å²) in [5.74, 6) is 1.87. The van der Waals surface area contributed by atoms with E-state index in [1.165, 1.54) is 31.2 Å². The quantitative estimate of drug-likeness (QED) is 0.592. The largest absolute Gasteiger partial charge is 0.494 e. The zero-order valence-corrected chi connectivity index (χ0v) is 17.7. The molecule has 1 N–H and O–H groups in total. The normalized spacial score (nSPS) is 20.3. The Bertz CT molecular complexity index is 616. The Morgan fingerprint density at radius 3 is 2.93 bits per heavy atom. The molecular weight excluding hydrogens is 350 g/mol. The smallest absolute Gasteiger partial charge is 0.220 e. The van der Waals surface area contributed by atoms with Crippen molar-refractivity contribution in [3.05, 3.63) is 29.8 Å². The van der Waals surface area contributed by atoms with Crippen LogP contribution in [-0.2, 0) is 11.3 Å². The fraction of sp³-hybridized carbons (Fsp3) is 0.696. The molecule has 156 valence electrons. The number of ether oxygens (including phenoxy) is 1. The van der Waals surface area contributed by atoms with Gasteiger partial charge in [0.15, 0.2) is 0 Å². The van der Waals surface area contributed by atoms with Gasteiger partial charge >= 0.3 is 0 Å². The molecule has 5 nitrogen and oxygen atoms in total. The maximum absolute atomic E-state index is 12.0. The Morgan fingerprint density at radius 1 is 1.29 bits per heavy atom. The van der Waals surface area contributed by atoms with Crippen LogP contribution in [-0.4, -0.2) is 62.1 Å². The highest BCUT2D eigenvalue weighted by atomic mass is 16.5. The third-order valence-electron chi connectivity index (χ3n) is 5.65. The van der Waals surface area contributed by atoms with E-state index in [9.17, 15) is 4.79 Å². The molecule has 1 saturated heterocycles. The van der Waals surface area contributed by atoms with E-state index < -0.39 is 0 Å². The van der Waals surface area contributed by atoms with Crippen LogP contribution in [0.3, 0.4) is 0 Å². The van der Waals surface area contributed by atoms with Gasteiger partial charge in [0, 0.05) is 32.1 Å². The number of amides is 1. The minimum Gasteiger partial charge on any atom is -0.494 e. The highest BCUT2D eigenvalue weighted by Crippen LogP contribution is 2.24. The van der Waals surface area contributed by atoms with Gasteiger partial charge in [-0.3, -0.25) is 9.69 Å². The zero-order valence-electron chi connectivity index (χ0n) is 17.7. The summed E-state index contributed by atoms with van der Waals surface area (Å²) >= 11 is 0. The van der Waals surface area contributed by atoms with Gasteiger partial charge in [-0.1, -0.05) is 12.1 Å². The average Bonchev–Trinajstić information content (AvgIpc) is 3.48. The number of benzene rings is 1. The van der Waals surface area contributed by atoms with E-state index in [0.29, 0.717) is 18.4 Å². The zero-order chi connectivity index (χ0) is 19.8. The van der Waals surface area contributed by atoms with Gasteiger partial charge in [0.2, 0.25) is 5.91 Å². The lowest BCUT2D eigenvalue weighted by Gasteiger charge is -2.32. The van der Waals surface area contributed by atoms with Gasteiger partial charge in [0.05, 0.1) is 6.61 Å². The standard InChI is InChI=1S/C23H37N3O2/c1-25(2)13-5-15-28-22-8-3-6-20(16-22)18-26-14-4-7-19(17-26)9-12-23(27)24-21-10-11-21/h3,6,8,16,19,21H,4-5,7,9-15,17-18H2,1-2H3,(H,24,27)/t19-/m1/s1. The predicted octanol–water partition coefficient (Wildman–Crippen LogP) is 3.29. The summed E-state index contributed by atoms with van der Waals surface area (Å²) < 4.78 is 5.92. The second-order valence-corrected chi connectivity index (χ2v) is 8.78. The maximum atomic E-state index is 12.0. The minimum atomic E-state index is 0.249. The van der Waals surface area contributed by atoms with E-state index >= 15 is 0 Å². The molecule has 0 aromatic heterocycles. The number of nitrogens with one attached hydrogen (secondary N) is 1. The van der Waals surface area contributed by atoms with Gasteiger partial charge in [-0.25, -0.2) is 0 Å². The molecule has 3 rings (SSSR count). The summed E-state index contributed by atoms with van der Waals surface area (Å²) in [4.78, 5) is 16.7. The van der Waals surface area contributed by atoms with Crippen molar-refractivity contribution in [2.75, 3.05) is 40.3 Å². The van der Waals surface area contributed by atoms with E-state index in [-0.39, 0.29) is 5.91 Å². The van der Waals surface area contributed by atoms with E-state index in [0.717, 1.165) is 51.4 Å². The molecule has 1 heterocycles. The van der Waals surface area contributed by atoms with Crippen molar-refractivity contribution < 1.29 is 9.53 Å². The van der Waals surface area contributed by atoms with Crippen molar-refractivity contribution in [3.8, 4) is 5.75 Å². The van der Waals surface area contributed by atoms with Crippen LogP contribution in [0.15, 0.2) is 24.3 Å². The summed E-state index contributed by atoms with van der Waals surface area (Å²) in [5, 5.41) is 3.11. The molecule has 2 aliphatic rings. The molecular formula is C23H37N3O2. The summed E-state index contributed by atoms with van der Waals surface area (Å²) in [6.07, 6.45) is 7.56. The molecule has 0 radical (unpaired) electrons. The Hall–Kier alpha value is -1.59. The number of rotatable bonds is 11. The first-order chi connectivity index (χ1) is 13.6. The molecule has 1 aliphatic carbocycles. The number of nitrogens with zero attached hydrogens (tertiary/aromatic N) is 2. The first-order valence-corrected chi connectivity index (χ1v) is 11.0. The molecule has 0 unspecified atom stereocenters. The highest BCUT2D eigenvalue weighted by Gasteiger charge is 2.24. The van der Waals surface area contributed by atoms with Crippen molar-refractivity contribution >= 4 is 5.91 Å². The van der Waals surface area contributed by atoms with E-state index in [2.05, 4.69) is 53.5 Å². The SMILES string of the molecule is CN(C)CCCOc1cccc(CN2CCC[C@H](CCC(=O)NC3CC3)C2)c1. The van der Waals surface area contributed by atoms with Crippen LogP contribution >= 0.6 is 0 Å². The number of piperidine rings is 1. The van der Waals surface area contributed by atoms with Crippen LogP contribution in [0.25, 0.3) is 0 Å². The summed E-state index contributed by atoms with van der Waals surface area (Å²) in [6.45, 7) is 5.03. The number of hydrogen-bond acceptors (Lipinski definition) is 4. The number of carbonyl (C=O) groups is 1. The van der Waals surface area contributed by atoms with Crippen LogP contribution < -0.4 is 10.1 Å². The number of carbonyl (C=O) groups excluding carboxylic acids is 1. The van der Waals surface area contributed by atoms with Crippen molar-refractivity contribution in [1.29, 1.82) is 0 Å². The Labute approximate surface area is 170 Å². The van der Waals surface area contributed by atoms with Crippen LogP contribution in [0.1, 0.15) is 50.5 Å². The van der Waals surface area contributed by atoms with Crippen molar-refractivity contribution in [2.24, 2.45) is 5.92 Å². The fourth-order valence-electron chi connectivity index (χ4n) is 3.96. The molecule has 0 spiro atoms. The van der Waals surface area contributed by atoms with E-state index in [4.69, 9.17) is 4.74 Å². The van der Waals surface area contributed by atoms with Gasteiger partial charge in [0.25, 0.3) is 0 Å². The van der Waals surface area contributed by atoms with Crippen LogP contribution in [0.5, 0.6) is 5.75 Å². The lowest BCUT2D eigenvalue weighted by atomic mass is 9.93. The average molecular weight is 388 g/mol. The van der Waals surface area contributed by atoms with Crippen molar-refractivity contribution in [2.45, 2.75) is 57.5 Å². The number of likely N-dealkylation sites (tertiary alicyclic amines) is 1. The molecule has 1 aliphatic heterocycles. The topological polar surface area (TPSA) is 44.8 Å². The van der Waals surface area contributed by atoms with Gasteiger partial charge in [-0.2, -0.15) is 0 Å². The first kappa shape index (κ1) is 21.1. The van der Waals surface area contributed by atoms with Crippen LogP contribution in [0.2, 0.25) is 0 Å². The molecule has 0 bridgehead atoms. The maximum Gasteiger partial charge on any atom is 0.220 e. The van der Waals surface area contributed by atoms with E-state index in [1.807, 2.05) is 0 Å². The monoisotopic (exact) mass is 387 g/mol. The van der Waals surface area contributed by atoms with E-state index in [1.54, 1.807) is 0 Å². The second kappa shape index (κ2) is 10.8. The van der Waals surface area contributed by atoms with Crippen LogP contribution in [0.4, 0.5) is 0 Å². The summed E-state index contributed by atoms with van der Waals surface area (Å²) in [6, 6.07) is 9.01. The summed E-state index contributed by atoms with van der Waals surface area (Å²) in [5.41, 5.74) is 1.32. The second-order valence-electron chi connectivity index (χ2n) is 8.78. The van der Waals surface area contributed by atoms with Gasteiger partial charge < -0.3 is 15.0 Å². The molecule has 28 heavy (non-hydrogen) atoms. The molecule has 1 aromatic rings. The van der Waals surface area contributed by atoms with Gasteiger partial charge in [-0.05, 0) is 82.8 Å². The predicted molar refractivity (Wildman–Crippen MR) is 114 cm³/mol. The molecule has 1 amide bonds. The van der Waals surface area contributed by atoms with Crippen molar-refractivity contribution in [1.82, 2.24) is 15.1 Å².